The van der Waals surface area contributed by atoms with E-state index in [9.17, 15) is 0 Å². The second-order valence-electron chi connectivity index (χ2n) is 3.97. The van der Waals surface area contributed by atoms with E-state index < -0.39 is 0 Å². The SMILES string of the molecule is COc1cccnc1OCC1CCCCN1. The highest BCUT2D eigenvalue weighted by Crippen LogP contribution is 2.23. The third-order valence-electron chi connectivity index (χ3n) is 2.79. The van der Waals surface area contributed by atoms with Gasteiger partial charge < -0.3 is 14.8 Å². The largest absolute Gasteiger partial charge is 0.491 e. The molecule has 1 aliphatic heterocycles. The van der Waals surface area contributed by atoms with Crippen molar-refractivity contribution in [1.29, 1.82) is 0 Å². The minimum absolute atomic E-state index is 0.445. The molecule has 0 aromatic carbocycles. The maximum absolute atomic E-state index is 5.67. The molecule has 0 aliphatic carbocycles. The van der Waals surface area contributed by atoms with E-state index in [4.69, 9.17) is 9.47 Å². The standard InChI is InChI=1S/C12H18N2O2/c1-15-11-6-4-8-14-12(11)16-9-10-5-2-3-7-13-10/h4,6,8,10,13H,2-3,5,7,9H2,1H3. The number of aromatic nitrogens is 1. The van der Waals surface area contributed by atoms with Crippen LogP contribution in [0, 0.1) is 0 Å². The predicted octanol–water partition coefficient (Wildman–Crippen LogP) is 1.61. The third kappa shape index (κ3) is 2.85. The van der Waals surface area contributed by atoms with Crippen molar-refractivity contribution in [3.63, 3.8) is 0 Å². The Morgan fingerprint density at radius 3 is 3.19 bits per heavy atom. The summed E-state index contributed by atoms with van der Waals surface area (Å²) in [5.74, 6) is 1.27. The lowest BCUT2D eigenvalue weighted by molar-refractivity contribution is 0.223. The molecule has 1 unspecified atom stereocenters. The summed E-state index contributed by atoms with van der Waals surface area (Å²) < 4.78 is 10.8. The molecule has 0 radical (unpaired) electrons. The van der Waals surface area contributed by atoms with Crippen LogP contribution in [0.25, 0.3) is 0 Å². The van der Waals surface area contributed by atoms with Crippen LogP contribution in [-0.2, 0) is 0 Å². The van der Waals surface area contributed by atoms with E-state index in [1.54, 1.807) is 13.3 Å². The van der Waals surface area contributed by atoms with E-state index in [0.717, 1.165) is 6.54 Å². The highest BCUT2D eigenvalue weighted by atomic mass is 16.5. The van der Waals surface area contributed by atoms with Gasteiger partial charge in [-0.05, 0) is 31.5 Å². The maximum Gasteiger partial charge on any atom is 0.257 e. The first-order valence-corrected chi connectivity index (χ1v) is 5.75. The molecule has 1 N–H and O–H groups in total. The Balaban J connectivity index is 1.88. The molecule has 1 fully saturated rings. The van der Waals surface area contributed by atoms with E-state index in [1.807, 2.05) is 12.1 Å². The molecule has 16 heavy (non-hydrogen) atoms. The summed E-state index contributed by atoms with van der Waals surface area (Å²) in [6.07, 6.45) is 5.44. The van der Waals surface area contributed by atoms with Gasteiger partial charge in [-0.25, -0.2) is 4.98 Å². The zero-order valence-corrected chi connectivity index (χ0v) is 9.61. The van der Waals surface area contributed by atoms with Gasteiger partial charge in [0, 0.05) is 12.2 Å². The number of rotatable bonds is 4. The normalized spacial score (nSPS) is 20.4. The molecule has 88 valence electrons. The Kier molecular flexibility index (Phi) is 3.99. The molecule has 2 rings (SSSR count). The summed E-state index contributed by atoms with van der Waals surface area (Å²) in [7, 11) is 1.63. The quantitative estimate of drug-likeness (QED) is 0.840. The van der Waals surface area contributed by atoms with Gasteiger partial charge in [0.05, 0.1) is 7.11 Å². The van der Waals surface area contributed by atoms with Gasteiger partial charge in [0.2, 0.25) is 0 Å². The van der Waals surface area contributed by atoms with Gasteiger partial charge in [0.15, 0.2) is 5.75 Å². The first-order valence-electron chi connectivity index (χ1n) is 5.75. The Morgan fingerprint density at radius 1 is 1.50 bits per heavy atom. The topological polar surface area (TPSA) is 43.4 Å². The Bertz CT molecular complexity index is 325. The number of nitrogens with zero attached hydrogens (tertiary/aromatic N) is 1. The first kappa shape index (κ1) is 11.2. The molecule has 1 aliphatic rings. The van der Waals surface area contributed by atoms with Gasteiger partial charge in [-0.1, -0.05) is 6.42 Å². The number of pyridine rings is 1. The van der Waals surface area contributed by atoms with Gasteiger partial charge in [0.25, 0.3) is 5.88 Å². The molecule has 2 heterocycles. The average molecular weight is 222 g/mol. The van der Waals surface area contributed by atoms with Crippen LogP contribution in [0.3, 0.4) is 0 Å². The molecule has 1 saturated heterocycles. The molecule has 0 saturated carbocycles. The maximum atomic E-state index is 5.67. The van der Waals surface area contributed by atoms with E-state index in [-0.39, 0.29) is 0 Å². The molecular weight excluding hydrogens is 204 g/mol. The highest BCUT2D eigenvalue weighted by Gasteiger charge is 2.14. The van der Waals surface area contributed by atoms with E-state index in [2.05, 4.69) is 10.3 Å². The number of hydrogen-bond acceptors (Lipinski definition) is 4. The molecule has 1 aromatic heterocycles. The van der Waals surface area contributed by atoms with Crippen molar-refractivity contribution >= 4 is 0 Å². The fourth-order valence-corrected chi connectivity index (χ4v) is 1.89. The second kappa shape index (κ2) is 5.70. The third-order valence-corrected chi connectivity index (χ3v) is 2.79. The minimum Gasteiger partial charge on any atom is -0.491 e. The number of nitrogens with one attached hydrogen (secondary N) is 1. The highest BCUT2D eigenvalue weighted by molar-refractivity contribution is 5.32. The summed E-state index contributed by atoms with van der Waals surface area (Å²) in [4.78, 5) is 4.16. The number of ether oxygens (including phenoxy) is 2. The fraction of sp³-hybridized carbons (Fsp3) is 0.583. The van der Waals surface area contributed by atoms with Crippen molar-refractivity contribution < 1.29 is 9.47 Å². The van der Waals surface area contributed by atoms with Crippen LogP contribution in [0.2, 0.25) is 0 Å². The van der Waals surface area contributed by atoms with Gasteiger partial charge in [0.1, 0.15) is 6.61 Å². The van der Waals surface area contributed by atoms with E-state index >= 15 is 0 Å². The van der Waals surface area contributed by atoms with Gasteiger partial charge >= 0.3 is 0 Å². The zero-order chi connectivity index (χ0) is 11.2. The van der Waals surface area contributed by atoms with Crippen molar-refractivity contribution in [3.05, 3.63) is 18.3 Å². The van der Waals surface area contributed by atoms with Gasteiger partial charge in [-0.2, -0.15) is 0 Å². The molecule has 1 atom stereocenters. The lowest BCUT2D eigenvalue weighted by Crippen LogP contribution is -2.38. The van der Waals surface area contributed by atoms with Crippen molar-refractivity contribution in [2.45, 2.75) is 25.3 Å². The molecule has 1 aromatic rings. The van der Waals surface area contributed by atoms with Crippen molar-refractivity contribution in [3.8, 4) is 11.6 Å². The number of piperidine rings is 1. The summed E-state index contributed by atoms with van der Waals surface area (Å²) in [6.45, 7) is 1.75. The van der Waals surface area contributed by atoms with Crippen molar-refractivity contribution in [2.24, 2.45) is 0 Å². The molecule has 0 amide bonds. The smallest absolute Gasteiger partial charge is 0.257 e. The van der Waals surface area contributed by atoms with Crippen LogP contribution in [0.1, 0.15) is 19.3 Å². The lowest BCUT2D eigenvalue weighted by atomic mass is 10.1. The number of hydrogen-bond donors (Lipinski definition) is 1. The van der Waals surface area contributed by atoms with Crippen LogP contribution >= 0.6 is 0 Å². The van der Waals surface area contributed by atoms with Crippen LogP contribution in [0.15, 0.2) is 18.3 Å². The Hall–Kier alpha value is -1.29. The van der Waals surface area contributed by atoms with Gasteiger partial charge in [-0.15, -0.1) is 0 Å². The Labute approximate surface area is 96.0 Å². The molecule has 4 heteroatoms. The van der Waals surface area contributed by atoms with E-state index in [1.165, 1.54) is 19.3 Å². The van der Waals surface area contributed by atoms with Crippen LogP contribution in [-0.4, -0.2) is 31.3 Å². The first-order chi connectivity index (χ1) is 7.90. The van der Waals surface area contributed by atoms with E-state index in [0.29, 0.717) is 24.3 Å². The minimum atomic E-state index is 0.445. The van der Waals surface area contributed by atoms with Gasteiger partial charge in [-0.3, -0.25) is 0 Å². The molecule has 0 spiro atoms. The summed E-state index contributed by atoms with van der Waals surface area (Å²) >= 11 is 0. The van der Waals surface area contributed by atoms with Crippen LogP contribution < -0.4 is 14.8 Å². The number of methoxy groups -OCH3 is 1. The average Bonchev–Trinajstić information content (AvgIpc) is 2.38. The predicted molar refractivity (Wildman–Crippen MR) is 61.9 cm³/mol. The van der Waals surface area contributed by atoms with Crippen molar-refractivity contribution in [2.75, 3.05) is 20.3 Å². The summed E-state index contributed by atoms with van der Waals surface area (Å²) in [6, 6.07) is 4.14. The summed E-state index contributed by atoms with van der Waals surface area (Å²) in [5, 5.41) is 3.43. The Morgan fingerprint density at radius 2 is 2.44 bits per heavy atom. The second-order valence-corrected chi connectivity index (χ2v) is 3.97. The summed E-state index contributed by atoms with van der Waals surface area (Å²) in [5.41, 5.74) is 0. The monoisotopic (exact) mass is 222 g/mol. The molecule has 4 nitrogen and oxygen atoms in total. The van der Waals surface area contributed by atoms with Crippen molar-refractivity contribution in [1.82, 2.24) is 10.3 Å². The molecule has 0 bridgehead atoms. The van der Waals surface area contributed by atoms with Crippen LogP contribution in [0.4, 0.5) is 0 Å². The van der Waals surface area contributed by atoms with Crippen LogP contribution in [0.5, 0.6) is 11.6 Å². The zero-order valence-electron chi connectivity index (χ0n) is 9.61. The lowest BCUT2D eigenvalue weighted by Gasteiger charge is -2.23. The fourth-order valence-electron chi connectivity index (χ4n) is 1.89. The molecular formula is C12H18N2O2.